The van der Waals surface area contributed by atoms with Gasteiger partial charge in [-0.2, -0.15) is 0 Å². The van der Waals surface area contributed by atoms with Crippen molar-refractivity contribution in [3.63, 3.8) is 0 Å². The Hall–Kier alpha value is -4.32. The molecule has 254 valence electrons. The van der Waals surface area contributed by atoms with Crippen LogP contribution in [0, 0.1) is 0 Å². The van der Waals surface area contributed by atoms with Gasteiger partial charge < -0.3 is 18.9 Å². The minimum absolute atomic E-state index is 0.0812. The van der Waals surface area contributed by atoms with Crippen LogP contribution in [0.3, 0.4) is 0 Å². The normalized spacial score (nSPS) is 10.7. The van der Waals surface area contributed by atoms with Crippen molar-refractivity contribution in [2.24, 2.45) is 0 Å². The van der Waals surface area contributed by atoms with Gasteiger partial charge in [0, 0.05) is 39.3 Å². The van der Waals surface area contributed by atoms with Crippen LogP contribution in [0.4, 0.5) is 0 Å². The molecular formula is C30H42N4O12. The number of hydrogen-bond acceptors (Lipinski definition) is 12. The third-order valence-corrected chi connectivity index (χ3v) is 6.50. The number of ether oxygens (including phenoxy) is 4. The van der Waals surface area contributed by atoms with Crippen molar-refractivity contribution in [2.45, 2.75) is 0 Å². The molecule has 0 bridgehead atoms. The Kier molecular flexibility index (Phi) is 15.8. The fraction of sp³-hybridized carbons (Fsp3) is 0.467. The summed E-state index contributed by atoms with van der Waals surface area (Å²) in [4.78, 5) is 70.2. The number of nitrogens with zero attached hydrogens (tertiary/aromatic N) is 4. The largest absolute Gasteiger partial charge is 0.490 e. The first-order valence-corrected chi connectivity index (χ1v) is 14.0. The number of amides is 4. The number of benzene rings is 2. The third-order valence-electron chi connectivity index (χ3n) is 6.50. The highest BCUT2D eigenvalue weighted by molar-refractivity contribution is 6.00. The first-order valence-electron chi connectivity index (χ1n) is 14.0. The van der Waals surface area contributed by atoms with Crippen LogP contribution < -0.4 is 9.47 Å². The Morgan fingerprint density at radius 3 is 1.11 bits per heavy atom. The summed E-state index contributed by atoms with van der Waals surface area (Å²) < 4.78 is 22.7. The van der Waals surface area contributed by atoms with Crippen molar-refractivity contribution in [2.75, 3.05) is 96.3 Å². The van der Waals surface area contributed by atoms with Crippen LogP contribution in [0.2, 0.25) is 0 Å². The second-order valence-electron chi connectivity index (χ2n) is 9.28. The number of rotatable bonds is 19. The predicted octanol–water partition coefficient (Wildman–Crippen LogP) is 1.71. The Morgan fingerprint density at radius 1 is 0.478 bits per heavy atom. The smallest absolute Gasteiger partial charge is 0.280 e. The van der Waals surface area contributed by atoms with Gasteiger partial charge in [-0.3, -0.25) is 38.5 Å². The monoisotopic (exact) mass is 650 g/mol. The first-order chi connectivity index (χ1) is 22.0. The minimum Gasteiger partial charge on any atom is -0.490 e. The first kappa shape index (κ1) is 37.9. The third kappa shape index (κ3) is 10.6. The Balaban J connectivity index is 1.88. The summed E-state index contributed by atoms with van der Waals surface area (Å²) in [5.41, 5.74) is 0.915. The summed E-state index contributed by atoms with van der Waals surface area (Å²) in [5.74, 6) is -1.42. The van der Waals surface area contributed by atoms with Crippen LogP contribution in [0.25, 0.3) is 0 Å². The maximum absolute atomic E-state index is 12.7. The summed E-state index contributed by atoms with van der Waals surface area (Å²) in [6, 6.07) is 8.83. The molecule has 0 aliphatic rings. The predicted molar refractivity (Wildman–Crippen MR) is 162 cm³/mol. The molecule has 0 atom stereocenters. The molecule has 46 heavy (non-hydrogen) atoms. The van der Waals surface area contributed by atoms with Crippen molar-refractivity contribution in [1.29, 1.82) is 0 Å². The van der Waals surface area contributed by atoms with Gasteiger partial charge in [-0.15, -0.1) is 0 Å². The summed E-state index contributed by atoms with van der Waals surface area (Å²) in [6.07, 6.45) is 0. The molecule has 2 rings (SSSR count). The highest BCUT2D eigenvalue weighted by Gasteiger charge is 2.22. The van der Waals surface area contributed by atoms with E-state index in [1.165, 1.54) is 93.0 Å². The highest BCUT2D eigenvalue weighted by Crippen LogP contribution is 2.24. The topological polar surface area (TPSA) is 155 Å². The van der Waals surface area contributed by atoms with Gasteiger partial charge in [-0.05, 0) is 36.4 Å². The summed E-state index contributed by atoms with van der Waals surface area (Å²) >= 11 is 0. The van der Waals surface area contributed by atoms with Crippen LogP contribution in [-0.4, -0.2) is 140 Å². The molecule has 0 aliphatic carbocycles. The van der Waals surface area contributed by atoms with Crippen molar-refractivity contribution in [1.82, 2.24) is 20.3 Å². The molecule has 0 spiro atoms. The van der Waals surface area contributed by atoms with Crippen LogP contribution >= 0.6 is 0 Å². The average Bonchev–Trinajstić information content (AvgIpc) is 3.09. The maximum Gasteiger partial charge on any atom is 0.280 e. The van der Waals surface area contributed by atoms with Gasteiger partial charge in [0.1, 0.15) is 24.7 Å². The van der Waals surface area contributed by atoms with Crippen LogP contribution in [0.5, 0.6) is 11.5 Å². The van der Waals surface area contributed by atoms with Gasteiger partial charge in [0.05, 0.1) is 66.0 Å². The van der Waals surface area contributed by atoms with Crippen molar-refractivity contribution in [3.8, 4) is 11.5 Å². The molecule has 0 radical (unpaired) electrons. The second-order valence-corrected chi connectivity index (χ2v) is 9.28. The molecule has 0 saturated carbocycles. The van der Waals surface area contributed by atoms with Gasteiger partial charge in [0.15, 0.2) is 0 Å². The molecule has 16 heteroatoms. The number of hydrogen-bond donors (Lipinski definition) is 0. The lowest BCUT2D eigenvalue weighted by Gasteiger charge is -2.19. The molecule has 0 heterocycles. The number of carbonyl (C=O) groups excluding carboxylic acids is 4. The van der Waals surface area contributed by atoms with E-state index in [0.29, 0.717) is 0 Å². The minimum atomic E-state index is -0.462. The maximum atomic E-state index is 12.7. The van der Waals surface area contributed by atoms with E-state index in [-0.39, 0.29) is 73.4 Å². The van der Waals surface area contributed by atoms with E-state index in [4.69, 9.17) is 38.3 Å². The molecular weight excluding hydrogens is 608 g/mol. The fourth-order valence-corrected chi connectivity index (χ4v) is 3.68. The zero-order valence-electron chi connectivity index (χ0n) is 27.4. The quantitative estimate of drug-likeness (QED) is 0.161. The van der Waals surface area contributed by atoms with E-state index >= 15 is 0 Å². The second kappa shape index (κ2) is 19.3. The van der Waals surface area contributed by atoms with E-state index < -0.39 is 23.6 Å². The molecule has 0 aromatic heterocycles. The lowest BCUT2D eigenvalue weighted by Crippen LogP contribution is -2.27. The lowest BCUT2D eigenvalue weighted by atomic mass is 10.1. The van der Waals surface area contributed by atoms with Gasteiger partial charge in [0.2, 0.25) is 0 Å². The Bertz CT molecular complexity index is 1230. The summed E-state index contributed by atoms with van der Waals surface area (Å²) in [7, 11) is 11.3. The van der Waals surface area contributed by atoms with E-state index in [9.17, 15) is 19.2 Å². The molecule has 0 N–H and O–H groups in total. The molecule has 16 nitrogen and oxygen atoms in total. The van der Waals surface area contributed by atoms with Crippen LogP contribution in [-0.2, 0) is 28.8 Å². The molecule has 2 aromatic rings. The molecule has 0 saturated heterocycles. The van der Waals surface area contributed by atoms with E-state index in [1.807, 2.05) is 0 Å². The summed E-state index contributed by atoms with van der Waals surface area (Å²) in [5, 5.41) is 4.17. The van der Waals surface area contributed by atoms with E-state index in [0.717, 1.165) is 20.3 Å². The Morgan fingerprint density at radius 2 is 0.783 bits per heavy atom. The van der Waals surface area contributed by atoms with E-state index in [1.54, 1.807) is 0 Å². The fourth-order valence-electron chi connectivity index (χ4n) is 3.68. The molecule has 0 fully saturated rings. The van der Waals surface area contributed by atoms with Crippen LogP contribution in [0.1, 0.15) is 41.4 Å². The van der Waals surface area contributed by atoms with Crippen molar-refractivity contribution < 1.29 is 57.5 Å². The van der Waals surface area contributed by atoms with Gasteiger partial charge in [-0.25, -0.2) is 20.3 Å². The SMILES string of the molecule is CON(C)C(=O)c1ccc(C(=O)N(C)OC)c(OCCOCCOCCOc2cc(C(=O)N(C)OC)ccc2C(=O)N(C)OC)c1. The standard InChI is InChI=1S/C30H42N4O12/c1-31(39-5)27(35)21-9-11-23(29(37)33(3)41-7)25(19-21)45-17-15-43-13-14-44-16-18-46-26-20-22(28(36)32(2)40-6)10-12-24(26)30(38)34(4)42-8/h9-12,19-20H,13-18H2,1-8H3. The highest BCUT2D eigenvalue weighted by atomic mass is 16.7. The lowest BCUT2D eigenvalue weighted by molar-refractivity contribution is -0.0762. The van der Waals surface area contributed by atoms with Gasteiger partial charge in [-0.1, -0.05) is 0 Å². The van der Waals surface area contributed by atoms with Crippen molar-refractivity contribution in [3.05, 3.63) is 58.7 Å². The van der Waals surface area contributed by atoms with Crippen LogP contribution in [0.15, 0.2) is 36.4 Å². The molecule has 2 aromatic carbocycles. The zero-order valence-corrected chi connectivity index (χ0v) is 27.4. The van der Waals surface area contributed by atoms with Gasteiger partial charge in [0.25, 0.3) is 23.6 Å². The summed E-state index contributed by atoms with van der Waals surface area (Å²) in [6.45, 7) is 0.955. The van der Waals surface area contributed by atoms with Crippen molar-refractivity contribution >= 4 is 23.6 Å². The average molecular weight is 651 g/mol. The zero-order chi connectivity index (χ0) is 34.2. The number of hydroxylamine groups is 8. The van der Waals surface area contributed by atoms with Gasteiger partial charge >= 0.3 is 0 Å². The van der Waals surface area contributed by atoms with E-state index in [2.05, 4.69) is 0 Å². The Labute approximate surface area is 267 Å². The molecule has 0 unspecified atom stereocenters. The number of carbonyl (C=O) groups is 4. The molecule has 4 amide bonds. The molecule has 0 aliphatic heterocycles.